The summed E-state index contributed by atoms with van der Waals surface area (Å²) in [6.07, 6.45) is 19.6. The number of fused-ring (bicyclic) bond motifs is 2. The van der Waals surface area contributed by atoms with Crippen molar-refractivity contribution in [1.82, 2.24) is 49.7 Å². The zero-order valence-electron chi connectivity index (χ0n) is 47.3. The van der Waals surface area contributed by atoms with E-state index in [1.54, 1.807) is 79.3 Å². The van der Waals surface area contributed by atoms with Gasteiger partial charge in [0.05, 0.1) is 36.8 Å². The van der Waals surface area contributed by atoms with Gasteiger partial charge in [-0.25, -0.2) is 19.6 Å². The highest BCUT2D eigenvalue weighted by atomic mass is 16.5. The Balaban J connectivity index is 0.735. The number of likely N-dealkylation sites (tertiary alicyclic amines) is 1. The van der Waals surface area contributed by atoms with Crippen molar-refractivity contribution in [1.29, 1.82) is 0 Å². The quantitative estimate of drug-likeness (QED) is 0.0369. The molecule has 8 rings (SSSR count). The van der Waals surface area contributed by atoms with E-state index >= 15 is 0 Å². The number of benzene rings is 2. The van der Waals surface area contributed by atoms with E-state index in [0.717, 1.165) is 106 Å². The number of unbranched alkanes of at least 4 members (excludes halogenated alkanes) is 5. The molecule has 422 valence electrons. The zero-order valence-corrected chi connectivity index (χ0v) is 47.3. The predicted octanol–water partition coefficient (Wildman–Crippen LogP) is 7.38. The molecule has 1 saturated heterocycles. The summed E-state index contributed by atoms with van der Waals surface area (Å²) >= 11 is 0. The Bertz CT molecular complexity index is 3040. The van der Waals surface area contributed by atoms with Gasteiger partial charge in [0.1, 0.15) is 29.6 Å². The van der Waals surface area contributed by atoms with Crippen LogP contribution in [0.4, 0.5) is 34.6 Å². The zero-order chi connectivity index (χ0) is 56.3. The van der Waals surface area contributed by atoms with E-state index in [-0.39, 0.29) is 59.7 Å². The fourth-order valence-corrected chi connectivity index (χ4v) is 11.0. The predicted molar refractivity (Wildman–Crippen MR) is 308 cm³/mol. The van der Waals surface area contributed by atoms with Gasteiger partial charge >= 0.3 is 0 Å². The number of anilines is 6. The molecule has 3 aromatic heterocycles. The van der Waals surface area contributed by atoms with Crippen LogP contribution < -0.4 is 36.2 Å². The van der Waals surface area contributed by atoms with Crippen molar-refractivity contribution in [2.24, 2.45) is 0 Å². The monoisotopic (exact) mass is 1080 g/mol. The second kappa shape index (κ2) is 26.3. The largest absolute Gasteiger partial charge is 0.495 e. The van der Waals surface area contributed by atoms with E-state index in [1.807, 2.05) is 37.8 Å². The topological polar surface area (TPSA) is 242 Å². The maximum Gasteiger partial charge on any atom is 0.277 e. The van der Waals surface area contributed by atoms with Gasteiger partial charge in [0, 0.05) is 70.7 Å². The number of nitrogen functional groups attached to an aromatic ring is 1. The summed E-state index contributed by atoms with van der Waals surface area (Å²) in [6.45, 7) is 9.03. The second-order valence-corrected chi connectivity index (χ2v) is 21.4. The van der Waals surface area contributed by atoms with Gasteiger partial charge in [-0.3, -0.25) is 24.0 Å². The molecule has 5 N–H and O–H groups in total. The van der Waals surface area contributed by atoms with Gasteiger partial charge in [0.25, 0.3) is 11.8 Å². The van der Waals surface area contributed by atoms with Crippen LogP contribution >= 0.6 is 0 Å². The third-order valence-electron chi connectivity index (χ3n) is 15.8. The number of aromatic nitrogens is 6. The molecule has 21 heteroatoms. The molecule has 2 aromatic carbocycles. The number of nitrogens with zero attached hydrogens (tertiary/aromatic N) is 11. The maximum atomic E-state index is 13.9. The van der Waals surface area contributed by atoms with Crippen LogP contribution in [0.15, 0.2) is 55.0 Å². The number of carbonyl (C=O) groups is 5. The molecule has 3 aliphatic rings. The first-order chi connectivity index (χ1) is 38.1. The van der Waals surface area contributed by atoms with E-state index in [9.17, 15) is 24.0 Å². The van der Waals surface area contributed by atoms with Gasteiger partial charge in [0.2, 0.25) is 23.7 Å². The highest BCUT2D eigenvalue weighted by molar-refractivity contribution is 6.13. The van der Waals surface area contributed by atoms with Crippen molar-refractivity contribution in [3.63, 3.8) is 0 Å². The van der Waals surface area contributed by atoms with Crippen molar-refractivity contribution in [3.05, 3.63) is 83.0 Å². The summed E-state index contributed by atoms with van der Waals surface area (Å²) in [7, 11) is 8.87. The Hall–Kier alpha value is -7.68. The number of likely N-dealkylation sites (N-methyl/N-ethyl adjacent to an activating group) is 3. The number of nitrogens with two attached hydrogens (primary N) is 1. The second-order valence-electron chi connectivity index (χ2n) is 21.4. The highest BCUT2D eigenvalue weighted by Crippen LogP contribution is 2.41. The molecule has 1 saturated carbocycles. The molecule has 2 atom stereocenters. The lowest BCUT2D eigenvalue weighted by molar-refractivity contribution is -0.128. The Kier molecular flexibility index (Phi) is 19.2. The number of amides is 5. The number of hydrogen-bond donors (Lipinski definition) is 4. The van der Waals surface area contributed by atoms with Crippen LogP contribution in [0.2, 0.25) is 0 Å². The molecule has 1 aliphatic carbocycles. The van der Waals surface area contributed by atoms with Crippen LogP contribution in [0, 0.1) is 13.8 Å². The molecule has 2 fully saturated rings. The van der Waals surface area contributed by atoms with Crippen LogP contribution in [-0.2, 0) is 20.8 Å². The standard InChI is InChI=1S/C58H79N15O6/c1-9-45-57(78)70(7)46-34-61-58(66-53(46)72(45)41-20-14-15-21-41)65-44-27-25-40(32-47(44)79-8)55(76)60-28-16-12-10-11-13-17-29-69(6)30-19-23-48(74)71-31-18-22-42(35-71)73-54-50(52(59)62-36-63-54)51(67-73)56(77)64-43-26-24-39(37(2)38(43)3)33-49(75)68(4)5/h19,23-27,32,34,36,41-42,45H,9-18,20-22,28-31,33,35H2,1-8H3,(H,60,76)(H,64,77)(H2,59,62,63)(H,61,65,66)/b23-19+/t42-,45?/m1/s1. The Morgan fingerprint density at radius 1 is 0.886 bits per heavy atom. The van der Waals surface area contributed by atoms with Gasteiger partial charge in [0.15, 0.2) is 17.2 Å². The van der Waals surface area contributed by atoms with Crippen molar-refractivity contribution < 1.29 is 28.7 Å². The summed E-state index contributed by atoms with van der Waals surface area (Å²) in [6, 6.07) is 8.71. The number of methoxy groups -OCH3 is 1. The molecule has 5 amide bonds. The molecule has 0 radical (unpaired) electrons. The van der Waals surface area contributed by atoms with Gasteiger partial charge in [-0.2, -0.15) is 10.1 Å². The van der Waals surface area contributed by atoms with Gasteiger partial charge in [-0.05, 0) is 113 Å². The number of carbonyl (C=O) groups excluding carboxylic acids is 5. The molecule has 21 nitrogen and oxygen atoms in total. The molecular weight excluding hydrogens is 1000 g/mol. The Morgan fingerprint density at radius 3 is 2.37 bits per heavy atom. The lowest BCUT2D eigenvalue weighted by atomic mass is 9.98. The van der Waals surface area contributed by atoms with Crippen molar-refractivity contribution in [2.45, 2.75) is 129 Å². The summed E-state index contributed by atoms with van der Waals surface area (Å²) in [5.41, 5.74) is 12.0. The molecule has 5 heterocycles. The molecule has 2 aliphatic heterocycles. The minimum absolute atomic E-state index is 0.00875. The first-order valence-electron chi connectivity index (χ1n) is 28.0. The van der Waals surface area contributed by atoms with Crippen LogP contribution in [-0.4, -0.2) is 154 Å². The average molecular weight is 1080 g/mol. The molecule has 5 aromatic rings. The van der Waals surface area contributed by atoms with E-state index in [1.165, 1.54) is 6.33 Å². The lowest BCUT2D eigenvalue weighted by Gasteiger charge is -2.43. The van der Waals surface area contributed by atoms with E-state index in [4.69, 9.17) is 20.6 Å². The summed E-state index contributed by atoms with van der Waals surface area (Å²) in [4.78, 5) is 93.9. The van der Waals surface area contributed by atoms with Gasteiger partial charge in [-0.15, -0.1) is 0 Å². The van der Waals surface area contributed by atoms with Crippen LogP contribution in [0.25, 0.3) is 11.0 Å². The minimum atomic E-state index is -0.458. The Labute approximate surface area is 463 Å². The number of piperidine rings is 1. The first kappa shape index (κ1) is 57.5. The van der Waals surface area contributed by atoms with E-state index < -0.39 is 5.91 Å². The Morgan fingerprint density at radius 2 is 1.62 bits per heavy atom. The third-order valence-corrected chi connectivity index (χ3v) is 15.8. The number of ether oxygens (including phenoxy) is 1. The number of hydrogen-bond acceptors (Lipinski definition) is 15. The molecule has 1 unspecified atom stereocenters. The van der Waals surface area contributed by atoms with Crippen LogP contribution in [0.3, 0.4) is 0 Å². The van der Waals surface area contributed by atoms with Crippen molar-refractivity contribution in [2.75, 3.05) is 94.2 Å². The highest BCUT2D eigenvalue weighted by Gasteiger charge is 2.41. The molecule has 0 bridgehead atoms. The van der Waals surface area contributed by atoms with Crippen LogP contribution in [0.5, 0.6) is 5.75 Å². The summed E-state index contributed by atoms with van der Waals surface area (Å²) < 4.78 is 7.41. The fourth-order valence-electron chi connectivity index (χ4n) is 11.0. The minimum Gasteiger partial charge on any atom is -0.495 e. The number of rotatable bonds is 23. The van der Waals surface area contributed by atoms with Crippen LogP contribution in [0.1, 0.15) is 134 Å². The van der Waals surface area contributed by atoms with Crippen molar-refractivity contribution >= 4 is 75.2 Å². The summed E-state index contributed by atoms with van der Waals surface area (Å²) in [5.74, 6) is 1.14. The van der Waals surface area contributed by atoms with E-state index in [2.05, 4.69) is 47.7 Å². The SMILES string of the molecule is CCC1C(=O)N(C)c2cnc(Nc3ccc(C(=O)NCCCCCCCCN(C)C/C=C/C(=O)N4CCC[C@@H](n5nc(C(=O)Nc6ccc(CC(=O)N(C)C)c(C)c6C)c6c(N)ncnc65)C4)cc3OC)nc2N1C1CCCC1. The summed E-state index contributed by atoms with van der Waals surface area (Å²) in [5, 5.41) is 14.5. The van der Waals surface area contributed by atoms with Gasteiger partial charge in [-0.1, -0.05) is 57.6 Å². The normalized spacial score (nSPS) is 16.7. The molecule has 0 spiro atoms. The fraction of sp³-hybridized carbons (Fsp3) is 0.517. The van der Waals surface area contributed by atoms with E-state index in [0.29, 0.717) is 78.0 Å². The third kappa shape index (κ3) is 13.4. The lowest BCUT2D eigenvalue weighted by Crippen LogP contribution is -2.55. The van der Waals surface area contributed by atoms with Crippen molar-refractivity contribution in [3.8, 4) is 5.75 Å². The molecule has 79 heavy (non-hydrogen) atoms. The average Bonchev–Trinajstić information content (AvgIpc) is 4.26. The van der Waals surface area contributed by atoms with Gasteiger partial charge < -0.3 is 50.9 Å². The first-order valence-corrected chi connectivity index (χ1v) is 28.0. The molecular formula is C58H79N15O6. The smallest absolute Gasteiger partial charge is 0.277 e. The maximum absolute atomic E-state index is 13.9. The number of nitrogens with one attached hydrogen (secondary N) is 3.